The van der Waals surface area contributed by atoms with Gasteiger partial charge in [0.05, 0.1) is 11.8 Å². The predicted octanol–water partition coefficient (Wildman–Crippen LogP) is -0.0545. The standard InChI is InChI=1S/C8H16N2O2S/c1-5(2)10-7(11)4-9-8(12)6(3)13/h5-6,13H,4H2,1-3H3,(H,9,12)(H,10,11). The molecule has 0 radical (unpaired) electrons. The molecule has 5 heteroatoms. The summed E-state index contributed by atoms with van der Waals surface area (Å²) in [4.78, 5) is 22.0. The summed E-state index contributed by atoms with van der Waals surface area (Å²) in [6.45, 7) is 5.39. The van der Waals surface area contributed by atoms with Gasteiger partial charge in [0.1, 0.15) is 0 Å². The van der Waals surface area contributed by atoms with Crippen LogP contribution >= 0.6 is 12.6 Å². The van der Waals surface area contributed by atoms with Crippen molar-refractivity contribution in [3.8, 4) is 0 Å². The fourth-order valence-corrected chi connectivity index (χ4v) is 0.779. The molecule has 4 nitrogen and oxygen atoms in total. The fourth-order valence-electron chi connectivity index (χ4n) is 0.688. The molecule has 0 aromatic rings. The highest BCUT2D eigenvalue weighted by atomic mass is 32.1. The Morgan fingerprint density at radius 1 is 1.31 bits per heavy atom. The first-order valence-corrected chi connectivity index (χ1v) is 4.70. The van der Waals surface area contributed by atoms with Gasteiger partial charge >= 0.3 is 0 Å². The highest BCUT2D eigenvalue weighted by Gasteiger charge is 2.09. The third-order valence-corrected chi connectivity index (χ3v) is 1.49. The highest BCUT2D eigenvalue weighted by molar-refractivity contribution is 7.81. The Morgan fingerprint density at radius 2 is 1.85 bits per heavy atom. The molecule has 0 aliphatic heterocycles. The SMILES string of the molecule is CC(C)NC(=O)CNC(=O)C(C)S. The van der Waals surface area contributed by atoms with Crippen molar-refractivity contribution in [3.05, 3.63) is 0 Å². The number of carbonyl (C=O) groups is 2. The average Bonchev–Trinajstić information content (AvgIpc) is 1.98. The van der Waals surface area contributed by atoms with Crippen LogP contribution in [0.1, 0.15) is 20.8 Å². The molecule has 13 heavy (non-hydrogen) atoms. The molecule has 0 aromatic carbocycles. The molecule has 0 aromatic heterocycles. The van der Waals surface area contributed by atoms with Gasteiger partial charge < -0.3 is 10.6 Å². The van der Waals surface area contributed by atoms with Gasteiger partial charge in [0.2, 0.25) is 11.8 Å². The van der Waals surface area contributed by atoms with E-state index in [1.165, 1.54) is 0 Å². The van der Waals surface area contributed by atoms with E-state index in [0.717, 1.165) is 0 Å². The van der Waals surface area contributed by atoms with Gasteiger partial charge in [-0.25, -0.2) is 0 Å². The van der Waals surface area contributed by atoms with E-state index in [2.05, 4.69) is 23.3 Å². The largest absolute Gasteiger partial charge is 0.352 e. The van der Waals surface area contributed by atoms with E-state index in [4.69, 9.17) is 0 Å². The minimum atomic E-state index is -0.383. The maximum atomic E-state index is 11.0. The first-order chi connectivity index (χ1) is 5.93. The third kappa shape index (κ3) is 6.45. The van der Waals surface area contributed by atoms with Gasteiger partial charge in [-0.1, -0.05) is 0 Å². The number of rotatable bonds is 4. The Balaban J connectivity index is 3.64. The van der Waals surface area contributed by atoms with Crippen LogP contribution in [0.5, 0.6) is 0 Å². The molecular weight excluding hydrogens is 188 g/mol. The average molecular weight is 204 g/mol. The first-order valence-electron chi connectivity index (χ1n) is 4.18. The molecule has 0 fully saturated rings. The summed E-state index contributed by atoms with van der Waals surface area (Å²) in [6.07, 6.45) is 0. The second-order valence-electron chi connectivity index (χ2n) is 3.12. The van der Waals surface area contributed by atoms with E-state index in [-0.39, 0.29) is 29.7 Å². The van der Waals surface area contributed by atoms with Crippen molar-refractivity contribution in [2.45, 2.75) is 32.1 Å². The highest BCUT2D eigenvalue weighted by Crippen LogP contribution is 1.90. The normalized spacial score (nSPS) is 12.4. The predicted molar refractivity (Wildman–Crippen MR) is 54.7 cm³/mol. The molecule has 0 saturated carbocycles. The van der Waals surface area contributed by atoms with Crippen LogP contribution < -0.4 is 10.6 Å². The Labute approximate surface area is 83.9 Å². The molecular formula is C8H16N2O2S. The molecule has 76 valence electrons. The fraction of sp³-hybridized carbons (Fsp3) is 0.750. The van der Waals surface area contributed by atoms with E-state index < -0.39 is 0 Å². The van der Waals surface area contributed by atoms with Crippen LogP contribution in [0.15, 0.2) is 0 Å². The maximum absolute atomic E-state index is 11.0. The van der Waals surface area contributed by atoms with Crippen LogP contribution in [-0.2, 0) is 9.59 Å². The van der Waals surface area contributed by atoms with Gasteiger partial charge in [-0.15, -0.1) is 0 Å². The van der Waals surface area contributed by atoms with Crippen molar-refractivity contribution in [3.63, 3.8) is 0 Å². The summed E-state index contributed by atoms with van der Waals surface area (Å²) in [5.74, 6) is -0.417. The van der Waals surface area contributed by atoms with Crippen LogP contribution in [0.2, 0.25) is 0 Å². The molecule has 0 heterocycles. The number of hydrogen-bond acceptors (Lipinski definition) is 3. The van der Waals surface area contributed by atoms with E-state index >= 15 is 0 Å². The topological polar surface area (TPSA) is 58.2 Å². The minimum absolute atomic E-state index is 0.0158. The van der Waals surface area contributed by atoms with E-state index in [9.17, 15) is 9.59 Å². The van der Waals surface area contributed by atoms with Crippen LogP contribution in [0.25, 0.3) is 0 Å². The third-order valence-electron chi connectivity index (χ3n) is 1.25. The lowest BCUT2D eigenvalue weighted by Crippen LogP contribution is -2.41. The summed E-state index contributed by atoms with van der Waals surface area (Å²) in [5, 5.41) is 4.74. The lowest BCUT2D eigenvalue weighted by atomic mass is 10.4. The van der Waals surface area contributed by atoms with E-state index in [1.54, 1.807) is 6.92 Å². The summed E-state index contributed by atoms with van der Waals surface area (Å²) >= 11 is 3.92. The van der Waals surface area contributed by atoms with Gasteiger partial charge in [-0.2, -0.15) is 12.6 Å². The Hall–Kier alpha value is -0.710. The molecule has 1 atom stereocenters. The Bertz CT molecular complexity index is 193. The first kappa shape index (κ1) is 12.3. The van der Waals surface area contributed by atoms with Gasteiger partial charge in [0.25, 0.3) is 0 Å². The molecule has 0 aliphatic rings. The van der Waals surface area contributed by atoms with Crippen molar-refractivity contribution in [2.24, 2.45) is 0 Å². The molecule has 0 bridgehead atoms. The number of amides is 2. The smallest absolute Gasteiger partial charge is 0.239 e. The quantitative estimate of drug-likeness (QED) is 0.562. The maximum Gasteiger partial charge on any atom is 0.239 e. The second kappa shape index (κ2) is 5.85. The van der Waals surface area contributed by atoms with Crippen molar-refractivity contribution < 1.29 is 9.59 Å². The van der Waals surface area contributed by atoms with Crippen LogP contribution in [0, 0.1) is 0 Å². The van der Waals surface area contributed by atoms with Gasteiger partial charge in [0, 0.05) is 6.04 Å². The molecule has 2 N–H and O–H groups in total. The van der Waals surface area contributed by atoms with Crippen molar-refractivity contribution in [1.82, 2.24) is 10.6 Å². The van der Waals surface area contributed by atoms with Crippen LogP contribution in [-0.4, -0.2) is 29.7 Å². The molecule has 0 saturated heterocycles. The monoisotopic (exact) mass is 204 g/mol. The lowest BCUT2D eigenvalue weighted by Gasteiger charge is -2.09. The number of thiol groups is 1. The summed E-state index contributed by atoms with van der Waals surface area (Å²) in [7, 11) is 0. The van der Waals surface area contributed by atoms with Crippen LogP contribution in [0.3, 0.4) is 0 Å². The number of hydrogen-bond donors (Lipinski definition) is 3. The van der Waals surface area contributed by atoms with Crippen molar-refractivity contribution in [1.29, 1.82) is 0 Å². The zero-order valence-electron chi connectivity index (χ0n) is 8.13. The minimum Gasteiger partial charge on any atom is -0.352 e. The van der Waals surface area contributed by atoms with Crippen molar-refractivity contribution >= 4 is 24.4 Å². The Morgan fingerprint density at radius 3 is 2.23 bits per heavy atom. The summed E-state index contributed by atoms with van der Waals surface area (Å²) < 4.78 is 0. The molecule has 2 amide bonds. The number of nitrogens with one attached hydrogen (secondary N) is 2. The second-order valence-corrected chi connectivity index (χ2v) is 3.89. The zero-order valence-corrected chi connectivity index (χ0v) is 9.02. The lowest BCUT2D eigenvalue weighted by molar-refractivity contribution is -0.125. The summed E-state index contributed by atoms with van der Waals surface area (Å²) in [5.41, 5.74) is 0. The van der Waals surface area contributed by atoms with Crippen LogP contribution in [0.4, 0.5) is 0 Å². The molecule has 0 aliphatic carbocycles. The molecule has 1 unspecified atom stereocenters. The van der Waals surface area contributed by atoms with E-state index in [0.29, 0.717) is 0 Å². The molecule has 0 rings (SSSR count). The summed E-state index contributed by atoms with van der Waals surface area (Å²) in [6, 6.07) is 0.0952. The van der Waals surface area contributed by atoms with Gasteiger partial charge in [0.15, 0.2) is 0 Å². The number of carbonyl (C=O) groups excluding carboxylic acids is 2. The van der Waals surface area contributed by atoms with E-state index in [1.807, 2.05) is 13.8 Å². The zero-order chi connectivity index (χ0) is 10.4. The molecule has 0 spiro atoms. The Kier molecular flexibility index (Phi) is 5.53. The van der Waals surface area contributed by atoms with Gasteiger partial charge in [-0.05, 0) is 20.8 Å². The van der Waals surface area contributed by atoms with Gasteiger partial charge in [-0.3, -0.25) is 9.59 Å². The van der Waals surface area contributed by atoms with Crippen molar-refractivity contribution in [2.75, 3.05) is 6.54 Å².